The summed E-state index contributed by atoms with van der Waals surface area (Å²) in [5, 5.41) is 6.54. The third-order valence-corrected chi connectivity index (χ3v) is 6.98. The van der Waals surface area contributed by atoms with E-state index in [0.29, 0.717) is 31.5 Å². The van der Waals surface area contributed by atoms with Crippen molar-refractivity contribution in [3.8, 4) is 0 Å². The summed E-state index contributed by atoms with van der Waals surface area (Å²) in [5.41, 5.74) is 5.35. The molecule has 8 nitrogen and oxygen atoms in total. The van der Waals surface area contributed by atoms with Gasteiger partial charge >= 0.3 is 0 Å². The maximum atomic E-state index is 12.9. The van der Waals surface area contributed by atoms with E-state index in [2.05, 4.69) is 44.2 Å². The summed E-state index contributed by atoms with van der Waals surface area (Å²) in [5.74, 6) is 0.105. The minimum Gasteiger partial charge on any atom is -0.340 e. The Hall–Kier alpha value is -3.52. The maximum absolute atomic E-state index is 12.9. The third-order valence-electron chi connectivity index (χ3n) is 6.98. The molecule has 176 valence electrons. The molecule has 8 heteroatoms. The van der Waals surface area contributed by atoms with Crippen molar-refractivity contribution in [2.24, 2.45) is 7.05 Å². The molecule has 0 atom stereocenters. The second kappa shape index (κ2) is 9.02. The molecule has 5 rings (SSSR count). The largest absolute Gasteiger partial charge is 0.340 e. The average molecular weight is 459 g/mol. The predicted octanol–water partition coefficient (Wildman–Crippen LogP) is 2.70. The van der Waals surface area contributed by atoms with Crippen LogP contribution in [0, 0.1) is 13.8 Å². The summed E-state index contributed by atoms with van der Waals surface area (Å²) >= 11 is 0. The van der Waals surface area contributed by atoms with Crippen molar-refractivity contribution >= 4 is 27.8 Å². The van der Waals surface area contributed by atoms with E-state index >= 15 is 0 Å². The number of benzene rings is 1. The maximum Gasteiger partial charge on any atom is 0.253 e. The van der Waals surface area contributed by atoms with Crippen molar-refractivity contribution in [3.05, 3.63) is 69.3 Å². The number of aromatic amines is 1. The molecule has 1 N–H and O–H groups in total. The van der Waals surface area contributed by atoms with E-state index in [0.717, 1.165) is 52.8 Å². The Kier molecular flexibility index (Phi) is 5.91. The Balaban J connectivity index is 1.21. The van der Waals surface area contributed by atoms with Crippen LogP contribution in [0.1, 0.15) is 28.8 Å². The molecule has 0 unspecified atom stereocenters. The third kappa shape index (κ3) is 4.09. The van der Waals surface area contributed by atoms with Crippen molar-refractivity contribution in [2.75, 3.05) is 26.2 Å². The van der Waals surface area contributed by atoms with Crippen molar-refractivity contribution in [1.82, 2.24) is 29.5 Å². The van der Waals surface area contributed by atoms with Gasteiger partial charge in [-0.25, -0.2) is 0 Å². The number of para-hydroxylation sites is 1. The molecule has 34 heavy (non-hydrogen) atoms. The number of hydrogen-bond acceptors (Lipinski definition) is 5. The number of H-pyrrole nitrogens is 1. The normalized spacial score (nSPS) is 14.9. The smallest absolute Gasteiger partial charge is 0.253 e. The monoisotopic (exact) mass is 458 g/mol. The van der Waals surface area contributed by atoms with Crippen LogP contribution in [0.15, 0.2) is 41.3 Å². The Bertz CT molecular complexity index is 1420. The first-order valence-electron chi connectivity index (χ1n) is 11.8. The molecule has 0 radical (unpaired) electrons. The number of nitrogens with one attached hydrogen (secondary N) is 1. The Morgan fingerprint density at radius 2 is 1.85 bits per heavy atom. The quantitative estimate of drug-likeness (QED) is 0.497. The lowest BCUT2D eigenvalue weighted by Gasteiger charge is -2.35. The van der Waals surface area contributed by atoms with E-state index in [4.69, 9.17) is 0 Å². The first-order valence-corrected chi connectivity index (χ1v) is 11.8. The minimum absolute atomic E-state index is 0.105. The summed E-state index contributed by atoms with van der Waals surface area (Å²) in [6, 6.07) is 10.3. The summed E-state index contributed by atoms with van der Waals surface area (Å²) < 4.78 is 1.70. The first kappa shape index (κ1) is 22.3. The highest BCUT2D eigenvalue weighted by Gasteiger charge is 2.23. The fourth-order valence-electron chi connectivity index (χ4n) is 5.14. The van der Waals surface area contributed by atoms with Gasteiger partial charge in [0.15, 0.2) is 0 Å². The van der Waals surface area contributed by atoms with Gasteiger partial charge in [0, 0.05) is 68.7 Å². The van der Waals surface area contributed by atoms with Crippen molar-refractivity contribution in [2.45, 2.75) is 33.2 Å². The number of piperazine rings is 1. The average Bonchev–Trinajstić information content (AvgIpc) is 3.12. The molecule has 0 saturated carbocycles. The number of aromatic nitrogens is 4. The lowest BCUT2D eigenvalue weighted by atomic mass is 10.0. The number of fused-ring (bicyclic) bond motifs is 2. The van der Waals surface area contributed by atoms with E-state index in [1.807, 2.05) is 38.1 Å². The van der Waals surface area contributed by atoms with E-state index in [-0.39, 0.29) is 11.5 Å². The number of pyridine rings is 2. The van der Waals surface area contributed by atoms with Crippen LogP contribution < -0.4 is 5.56 Å². The molecule has 1 aliphatic heterocycles. The molecule has 1 saturated heterocycles. The topological polar surface area (TPSA) is 87.1 Å². The van der Waals surface area contributed by atoms with E-state index in [1.54, 1.807) is 4.68 Å². The second-order valence-corrected chi connectivity index (χ2v) is 9.14. The SMILES string of the molecule is Cc1nn(C)c2[nH]c(=O)c(CCC(=O)N3CCN(Cc4cccc5cccnc45)CC3)c(C)c12. The summed E-state index contributed by atoms with van der Waals surface area (Å²) in [6.45, 7) is 7.78. The number of carbonyl (C=O) groups is 1. The Morgan fingerprint density at radius 3 is 2.65 bits per heavy atom. The lowest BCUT2D eigenvalue weighted by Crippen LogP contribution is -2.48. The minimum atomic E-state index is -0.130. The van der Waals surface area contributed by atoms with Crippen LogP contribution in [-0.2, 0) is 24.8 Å². The van der Waals surface area contributed by atoms with Gasteiger partial charge in [-0.1, -0.05) is 24.3 Å². The van der Waals surface area contributed by atoms with E-state index in [9.17, 15) is 9.59 Å². The second-order valence-electron chi connectivity index (χ2n) is 9.14. The van der Waals surface area contributed by atoms with Gasteiger partial charge in [0.1, 0.15) is 5.65 Å². The molecule has 1 aromatic carbocycles. The Labute approximate surface area is 198 Å². The van der Waals surface area contributed by atoms with Crippen molar-refractivity contribution in [3.63, 3.8) is 0 Å². The number of aryl methyl sites for hydroxylation is 3. The van der Waals surface area contributed by atoms with Gasteiger partial charge in [-0.15, -0.1) is 0 Å². The van der Waals surface area contributed by atoms with Gasteiger partial charge in [-0.05, 0) is 37.5 Å². The zero-order valence-corrected chi connectivity index (χ0v) is 20.0. The van der Waals surface area contributed by atoms with Gasteiger partial charge in [-0.3, -0.25) is 24.2 Å². The molecule has 4 aromatic rings. The van der Waals surface area contributed by atoms with E-state index in [1.165, 1.54) is 5.56 Å². The first-order chi connectivity index (χ1) is 16.4. The summed E-state index contributed by atoms with van der Waals surface area (Å²) in [6.07, 6.45) is 2.61. The fraction of sp³-hybridized carbons (Fsp3) is 0.385. The number of carbonyl (C=O) groups excluding carboxylic acids is 1. The molecule has 0 aliphatic carbocycles. The van der Waals surface area contributed by atoms with Crippen molar-refractivity contribution in [1.29, 1.82) is 0 Å². The zero-order chi connectivity index (χ0) is 23.8. The molecule has 0 spiro atoms. The Morgan fingerprint density at radius 1 is 1.09 bits per heavy atom. The number of rotatable bonds is 5. The molecular formula is C26H30N6O2. The highest BCUT2D eigenvalue weighted by molar-refractivity contribution is 5.83. The number of nitrogens with zero attached hydrogens (tertiary/aromatic N) is 5. The van der Waals surface area contributed by atoms with Gasteiger partial charge < -0.3 is 9.88 Å². The zero-order valence-electron chi connectivity index (χ0n) is 20.0. The molecular weight excluding hydrogens is 428 g/mol. The van der Waals surface area contributed by atoms with E-state index < -0.39 is 0 Å². The molecule has 4 heterocycles. The summed E-state index contributed by atoms with van der Waals surface area (Å²) in [7, 11) is 1.82. The van der Waals surface area contributed by atoms with Gasteiger partial charge in [0.25, 0.3) is 5.56 Å². The van der Waals surface area contributed by atoms with Crippen LogP contribution in [-0.4, -0.2) is 61.6 Å². The van der Waals surface area contributed by atoms with Gasteiger partial charge in [0.2, 0.25) is 5.91 Å². The number of hydrogen-bond donors (Lipinski definition) is 1. The standard InChI is InChI=1S/C26H30N6O2/c1-17-21(26(34)28-25-23(17)18(2)29-30(25)3)9-10-22(33)32-14-12-31(13-15-32)16-20-7-4-6-19-8-5-11-27-24(19)20/h4-8,11H,9-10,12-16H2,1-3H3,(H,28,34). The van der Waals surface area contributed by atoms with Crippen LogP contribution in [0.2, 0.25) is 0 Å². The lowest BCUT2D eigenvalue weighted by molar-refractivity contribution is -0.133. The molecule has 1 amide bonds. The fourth-order valence-corrected chi connectivity index (χ4v) is 5.14. The van der Waals surface area contributed by atoms with Gasteiger partial charge in [-0.2, -0.15) is 5.10 Å². The predicted molar refractivity (Wildman–Crippen MR) is 133 cm³/mol. The molecule has 0 bridgehead atoms. The highest BCUT2D eigenvalue weighted by atomic mass is 16.2. The summed E-state index contributed by atoms with van der Waals surface area (Å²) in [4.78, 5) is 37.4. The highest BCUT2D eigenvalue weighted by Crippen LogP contribution is 2.22. The van der Waals surface area contributed by atoms with Crippen LogP contribution in [0.5, 0.6) is 0 Å². The molecule has 3 aromatic heterocycles. The van der Waals surface area contributed by atoms with Gasteiger partial charge in [0.05, 0.1) is 11.2 Å². The number of amides is 1. The van der Waals surface area contributed by atoms with Crippen LogP contribution in [0.4, 0.5) is 0 Å². The van der Waals surface area contributed by atoms with Crippen LogP contribution in [0.25, 0.3) is 21.9 Å². The van der Waals surface area contributed by atoms with Crippen LogP contribution >= 0.6 is 0 Å². The van der Waals surface area contributed by atoms with Crippen molar-refractivity contribution < 1.29 is 4.79 Å². The molecule has 1 fully saturated rings. The van der Waals surface area contributed by atoms with Crippen LogP contribution in [0.3, 0.4) is 0 Å². The molecule has 1 aliphatic rings.